The number of unbranched alkanes of at least 4 members (excludes halogenated alkanes) is 1. The number of carbonyl (C=O) groups excluding carboxylic acids is 2. The first-order chi connectivity index (χ1) is 10.1. The van der Waals surface area contributed by atoms with Crippen molar-refractivity contribution in [3.05, 3.63) is 27.8 Å². The van der Waals surface area contributed by atoms with Crippen LogP contribution in [0.2, 0.25) is 0 Å². The molecule has 4 heteroatoms. The van der Waals surface area contributed by atoms with Gasteiger partial charge in [-0.1, -0.05) is 13.8 Å². The van der Waals surface area contributed by atoms with E-state index in [2.05, 4.69) is 22.6 Å². The van der Waals surface area contributed by atoms with E-state index < -0.39 is 5.92 Å². The molecule has 21 heavy (non-hydrogen) atoms. The second-order valence-corrected chi connectivity index (χ2v) is 6.24. The Kier molecular flexibility index (Phi) is 8.57. The van der Waals surface area contributed by atoms with Gasteiger partial charge in [-0.25, -0.2) is 0 Å². The third-order valence-corrected chi connectivity index (χ3v) is 4.16. The fraction of sp³-hybridized carbons (Fsp3) is 0.529. The van der Waals surface area contributed by atoms with Crippen LogP contribution in [0.1, 0.15) is 46.0 Å². The molecule has 0 radical (unpaired) electrons. The lowest BCUT2D eigenvalue weighted by molar-refractivity contribution is -0.132. The van der Waals surface area contributed by atoms with E-state index in [1.807, 2.05) is 38.1 Å². The summed E-state index contributed by atoms with van der Waals surface area (Å²) in [6.07, 6.45) is 3.23. The molecule has 0 N–H and O–H groups in total. The van der Waals surface area contributed by atoms with Crippen LogP contribution in [0.15, 0.2) is 24.3 Å². The van der Waals surface area contributed by atoms with Crippen LogP contribution in [0.25, 0.3) is 0 Å². The van der Waals surface area contributed by atoms with Crippen molar-refractivity contribution in [3.63, 3.8) is 0 Å². The predicted molar refractivity (Wildman–Crippen MR) is 92.6 cm³/mol. The fourth-order valence-electron chi connectivity index (χ4n) is 2.17. The quantitative estimate of drug-likeness (QED) is 0.331. The van der Waals surface area contributed by atoms with Crippen LogP contribution in [0, 0.1) is 9.49 Å². The molecule has 0 fully saturated rings. The number of ketones is 2. The molecule has 3 nitrogen and oxygen atoms in total. The topological polar surface area (TPSA) is 43.4 Å². The van der Waals surface area contributed by atoms with Crippen LogP contribution >= 0.6 is 22.6 Å². The van der Waals surface area contributed by atoms with Gasteiger partial charge in [-0.15, -0.1) is 0 Å². The lowest BCUT2D eigenvalue weighted by Gasteiger charge is -2.13. The summed E-state index contributed by atoms with van der Waals surface area (Å²) < 4.78 is 6.82. The highest BCUT2D eigenvalue weighted by atomic mass is 127. The summed E-state index contributed by atoms with van der Waals surface area (Å²) in [5.41, 5.74) is 0. The van der Waals surface area contributed by atoms with E-state index in [9.17, 15) is 9.59 Å². The van der Waals surface area contributed by atoms with Crippen molar-refractivity contribution in [2.75, 3.05) is 6.61 Å². The molecule has 0 heterocycles. The highest BCUT2D eigenvalue weighted by molar-refractivity contribution is 14.1. The second-order valence-electron chi connectivity index (χ2n) is 4.99. The maximum atomic E-state index is 11.8. The highest BCUT2D eigenvalue weighted by Gasteiger charge is 2.22. The highest BCUT2D eigenvalue weighted by Crippen LogP contribution is 2.17. The Balaban J connectivity index is 2.29. The summed E-state index contributed by atoms with van der Waals surface area (Å²) in [7, 11) is 0. The van der Waals surface area contributed by atoms with Gasteiger partial charge in [-0.05, 0) is 66.1 Å². The summed E-state index contributed by atoms with van der Waals surface area (Å²) in [6, 6.07) is 7.91. The lowest BCUT2D eigenvalue weighted by atomic mass is 9.90. The van der Waals surface area contributed by atoms with Gasteiger partial charge < -0.3 is 4.74 Å². The summed E-state index contributed by atoms with van der Waals surface area (Å²) in [4.78, 5) is 23.6. The summed E-state index contributed by atoms with van der Waals surface area (Å²) in [5.74, 6) is 0.598. The zero-order chi connectivity index (χ0) is 15.7. The van der Waals surface area contributed by atoms with Gasteiger partial charge in [-0.2, -0.15) is 0 Å². The van der Waals surface area contributed by atoms with E-state index in [0.717, 1.165) is 18.6 Å². The number of benzene rings is 1. The summed E-state index contributed by atoms with van der Waals surface area (Å²) in [5, 5.41) is 0. The monoisotopic (exact) mass is 402 g/mol. The third kappa shape index (κ3) is 6.59. The number of hydrogen-bond acceptors (Lipinski definition) is 3. The van der Waals surface area contributed by atoms with Crippen molar-refractivity contribution in [2.24, 2.45) is 5.92 Å². The zero-order valence-corrected chi connectivity index (χ0v) is 14.9. The van der Waals surface area contributed by atoms with Gasteiger partial charge in [-0.3, -0.25) is 9.59 Å². The minimum Gasteiger partial charge on any atom is -0.494 e. The molecule has 0 atom stereocenters. The Labute approximate surface area is 140 Å². The maximum absolute atomic E-state index is 11.8. The smallest absolute Gasteiger partial charge is 0.143 e. The predicted octanol–water partition coefficient (Wildman–Crippen LogP) is 4.41. The minimum absolute atomic E-state index is 0.0698. The van der Waals surface area contributed by atoms with Gasteiger partial charge in [0, 0.05) is 16.4 Å². The number of Topliss-reactive ketones (excluding diaryl/α,β-unsaturated/α-hetero) is 2. The van der Waals surface area contributed by atoms with Crippen molar-refractivity contribution in [3.8, 4) is 5.75 Å². The fourth-order valence-corrected chi connectivity index (χ4v) is 2.53. The van der Waals surface area contributed by atoms with Crippen LogP contribution in [-0.4, -0.2) is 18.2 Å². The van der Waals surface area contributed by atoms with Gasteiger partial charge in [0.15, 0.2) is 0 Å². The number of halogens is 1. The van der Waals surface area contributed by atoms with Crippen LogP contribution in [-0.2, 0) is 9.59 Å². The van der Waals surface area contributed by atoms with E-state index in [4.69, 9.17) is 4.74 Å². The third-order valence-electron chi connectivity index (χ3n) is 3.44. The van der Waals surface area contributed by atoms with E-state index in [-0.39, 0.29) is 11.6 Å². The molecule has 0 aliphatic heterocycles. The van der Waals surface area contributed by atoms with Crippen LogP contribution in [0.3, 0.4) is 0 Å². The Hall–Kier alpha value is -0.910. The minimum atomic E-state index is -0.404. The molecule has 1 rings (SSSR count). The Morgan fingerprint density at radius 1 is 1.05 bits per heavy atom. The largest absolute Gasteiger partial charge is 0.494 e. The SMILES string of the molecule is CCC(=O)C(CCCCOc1ccc(I)cc1)C(=O)CC. The molecular formula is C17H23IO3. The second kappa shape index (κ2) is 9.92. The molecule has 0 saturated heterocycles. The van der Waals surface area contributed by atoms with Gasteiger partial charge in [0.25, 0.3) is 0 Å². The standard InChI is InChI=1S/C17H23IO3/c1-3-16(19)15(17(20)4-2)7-5-6-12-21-14-10-8-13(18)9-11-14/h8-11,15H,3-7,12H2,1-2H3. The van der Waals surface area contributed by atoms with Gasteiger partial charge in [0.2, 0.25) is 0 Å². The molecule has 0 spiro atoms. The van der Waals surface area contributed by atoms with Crippen LogP contribution < -0.4 is 4.74 Å². The van der Waals surface area contributed by atoms with Crippen molar-refractivity contribution in [1.82, 2.24) is 0 Å². The Morgan fingerprint density at radius 2 is 1.62 bits per heavy atom. The first-order valence-corrected chi connectivity index (χ1v) is 8.60. The van der Waals surface area contributed by atoms with E-state index in [0.29, 0.717) is 25.9 Å². The summed E-state index contributed by atoms with van der Waals surface area (Å²) in [6.45, 7) is 4.25. The van der Waals surface area contributed by atoms with E-state index in [1.54, 1.807) is 0 Å². The number of rotatable bonds is 10. The molecule has 0 saturated carbocycles. The average molecular weight is 402 g/mol. The van der Waals surface area contributed by atoms with Crippen molar-refractivity contribution in [2.45, 2.75) is 46.0 Å². The van der Waals surface area contributed by atoms with Gasteiger partial charge in [0.05, 0.1) is 12.5 Å². The normalized spacial score (nSPS) is 10.7. The first-order valence-electron chi connectivity index (χ1n) is 7.52. The van der Waals surface area contributed by atoms with Crippen molar-refractivity contribution >= 4 is 34.2 Å². The zero-order valence-electron chi connectivity index (χ0n) is 12.7. The number of carbonyl (C=O) groups is 2. The molecule has 0 aliphatic rings. The molecule has 1 aromatic rings. The van der Waals surface area contributed by atoms with Crippen molar-refractivity contribution in [1.29, 1.82) is 0 Å². The molecule has 0 bridgehead atoms. The molecular weight excluding hydrogens is 379 g/mol. The summed E-state index contributed by atoms with van der Waals surface area (Å²) >= 11 is 2.25. The Morgan fingerprint density at radius 3 is 2.14 bits per heavy atom. The van der Waals surface area contributed by atoms with Crippen molar-refractivity contribution < 1.29 is 14.3 Å². The molecule has 0 aromatic heterocycles. The van der Waals surface area contributed by atoms with E-state index in [1.165, 1.54) is 3.57 Å². The molecule has 0 amide bonds. The van der Waals surface area contributed by atoms with Gasteiger partial charge >= 0.3 is 0 Å². The van der Waals surface area contributed by atoms with Crippen LogP contribution in [0.5, 0.6) is 5.75 Å². The lowest BCUT2D eigenvalue weighted by Crippen LogP contribution is -2.23. The molecule has 0 aliphatic carbocycles. The van der Waals surface area contributed by atoms with Gasteiger partial charge in [0.1, 0.15) is 17.3 Å². The molecule has 116 valence electrons. The number of ether oxygens (including phenoxy) is 1. The average Bonchev–Trinajstić information content (AvgIpc) is 2.51. The number of hydrogen-bond donors (Lipinski definition) is 0. The maximum Gasteiger partial charge on any atom is 0.143 e. The molecule has 0 unspecified atom stereocenters. The molecule has 1 aromatic carbocycles. The van der Waals surface area contributed by atoms with Crippen LogP contribution in [0.4, 0.5) is 0 Å². The van der Waals surface area contributed by atoms with E-state index >= 15 is 0 Å². The first kappa shape index (κ1) is 18.1. The Bertz CT molecular complexity index is 438.